The van der Waals surface area contributed by atoms with Crippen LogP contribution in [0.5, 0.6) is 5.75 Å². The Morgan fingerprint density at radius 3 is 2.62 bits per heavy atom. The number of hydrogen-bond acceptors (Lipinski definition) is 2. The van der Waals surface area contributed by atoms with Crippen LogP contribution in [0.15, 0.2) is 48.5 Å². The van der Waals surface area contributed by atoms with E-state index in [-0.39, 0.29) is 11.7 Å². The van der Waals surface area contributed by atoms with Gasteiger partial charge in [-0.3, -0.25) is 4.79 Å². The average Bonchev–Trinajstić information content (AvgIpc) is 2.49. The molecule has 0 heterocycles. The molecule has 2 rings (SSSR count). The second-order valence-electron chi connectivity index (χ2n) is 4.87. The predicted molar refractivity (Wildman–Crippen MR) is 79.5 cm³/mol. The molecule has 1 amide bonds. The second kappa shape index (κ2) is 6.88. The normalized spacial score (nSPS) is 11.8. The molecule has 4 heteroatoms. The summed E-state index contributed by atoms with van der Waals surface area (Å²) in [6.45, 7) is 3.74. The van der Waals surface area contributed by atoms with Crippen LogP contribution in [0.2, 0.25) is 0 Å². The SMILES string of the molecule is Cc1cc(CNC(=O)C(C)Oc2ccccc2)ccc1F. The Bertz CT molecular complexity index is 613. The Morgan fingerprint density at radius 1 is 1.24 bits per heavy atom. The number of carbonyl (C=O) groups is 1. The molecule has 21 heavy (non-hydrogen) atoms. The van der Waals surface area contributed by atoms with Gasteiger partial charge in [-0.2, -0.15) is 0 Å². The van der Waals surface area contributed by atoms with Gasteiger partial charge in [-0.05, 0) is 43.2 Å². The first-order valence-corrected chi connectivity index (χ1v) is 6.80. The van der Waals surface area contributed by atoms with Crippen LogP contribution in [0.25, 0.3) is 0 Å². The van der Waals surface area contributed by atoms with Crippen molar-refractivity contribution in [2.24, 2.45) is 0 Å². The van der Waals surface area contributed by atoms with E-state index >= 15 is 0 Å². The molecule has 0 spiro atoms. The molecular formula is C17H18FNO2. The van der Waals surface area contributed by atoms with E-state index in [1.165, 1.54) is 6.07 Å². The highest BCUT2D eigenvalue weighted by Gasteiger charge is 2.14. The maximum absolute atomic E-state index is 13.2. The average molecular weight is 287 g/mol. The third-order valence-electron chi connectivity index (χ3n) is 3.11. The number of benzene rings is 2. The van der Waals surface area contributed by atoms with Crippen LogP contribution >= 0.6 is 0 Å². The lowest BCUT2D eigenvalue weighted by molar-refractivity contribution is -0.127. The van der Waals surface area contributed by atoms with Crippen molar-refractivity contribution in [3.05, 3.63) is 65.5 Å². The van der Waals surface area contributed by atoms with Gasteiger partial charge in [0.2, 0.25) is 0 Å². The standard InChI is InChI=1S/C17H18FNO2/c1-12-10-14(8-9-16(12)18)11-19-17(20)13(2)21-15-6-4-3-5-7-15/h3-10,13H,11H2,1-2H3,(H,19,20). The first-order chi connectivity index (χ1) is 10.1. The van der Waals surface area contributed by atoms with Gasteiger partial charge in [0, 0.05) is 6.54 Å². The Hall–Kier alpha value is -2.36. The molecule has 2 aromatic carbocycles. The highest BCUT2D eigenvalue weighted by molar-refractivity contribution is 5.80. The minimum atomic E-state index is -0.589. The number of halogens is 1. The van der Waals surface area contributed by atoms with Gasteiger partial charge < -0.3 is 10.1 Å². The van der Waals surface area contributed by atoms with E-state index in [2.05, 4.69) is 5.32 Å². The lowest BCUT2D eigenvalue weighted by Gasteiger charge is -2.14. The Balaban J connectivity index is 1.87. The number of hydrogen-bond donors (Lipinski definition) is 1. The monoisotopic (exact) mass is 287 g/mol. The summed E-state index contributed by atoms with van der Waals surface area (Å²) in [4.78, 5) is 12.0. The molecule has 0 saturated carbocycles. The van der Waals surface area contributed by atoms with Crippen LogP contribution in [0.3, 0.4) is 0 Å². The molecule has 2 aromatic rings. The Kier molecular flexibility index (Phi) is 4.93. The molecule has 0 saturated heterocycles. The van der Waals surface area contributed by atoms with Gasteiger partial charge in [-0.15, -0.1) is 0 Å². The molecular weight excluding hydrogens is 269 g/mol. The van der Waals surface area contributed by atoms with E-state index in [1.807, 2.05) is 18.2 Å². The fourth-order valence-electron chi connectivity index (χ4n) is 1.91. The molecule has 0 bridgehead atoms. The summed E-state index contributed by atoms with van der Waals surface area (Å²) in [6, 6.07) is 14.0. The molecule has 0 aromatic heterocycles. The van der Waals surface area contributed by atoms with Crippen molar-refractivity contribution in [1.29, 1.82) is 0 Å². The number of carbonyl (C=O) groups excluding carboxylic acids is 1. The maximum atomic E-state index is 13.2. The topological polar surface area (TPSA) is 38.3 Å². The summed E-state index contributed by atoms with van der Waals surface area (Å²) in [5.74, 6) is 0.199. The number of aryl methyl sites for hydroxylation is 1. The number of ether oxygens (including phenoxy) is 1. The zero-order valence-electron chi connectivity index (χ0n) is 12.1. The fraction of sp³-hybridized carbons (Fsp3) is 0.235. The zero-order valence-corrected chi connectivity index (χ0v) is 12.1. The zero-order chi connectivity index (χ0) is 15.2. The van der Waals surface area contributed by atoms with E-state index in [1.54, 1.807) is 38.1 Å². The van der Waals surface area contributed by atoms with Gasteiger partial charge in [0.25, 0.3) is 5.91 Å². The van der Waals surface area contributed by atoms with Gasteiger partial charge >= 0.3 is 0 Å². The fourth-order valence-corrected chi connectivity index (χ4v) is 1.91. The Labute approximate surface area is 123 Å². The third-order valence-corrected chi connectivity index (χ3v) is 3.11. The van der Waals surface area contributed by atoms with Crippen LogP contribution in [0, 0.1) is 12.7 Å². The summed E-state index contributed by atoms with van der Waals surface area (Å²) < 4.78 is 18.7. The van der Waals surface area contributed by atoms with E-state index in [4.69, 9.17) is 4.74 Å². The summed E-state index contributed by atoms with van der Waals surface area (Å²) in [5, 5.41) is 2.78. The smallest absolute Gasteiger partial charge is 0.261 e. The van der Waals surface area contributed by atoms with Crippen LogP contribution in [0.4, 0.5) is 4.39 Å². The molecule has 0 aliphatic rings. The van der Waals surface area contributed by atoms with Crippen LogP contribution < -0.4 is 10.1 Å². The molecule has 1 N–H and O–H groups in total. The summed E-state index contributed by atoms with van der Waals surface area (Å²) in [5.41, 5.74) is 1.42. The van der Waals surface area contributed by atoms with Gasteiger partial charge in [-0.25, -0.2) is 4.39 Å². The van der Waals surface area contributed by atoms with Crippen molar-refractivity contribution in [1.82, 2.24) is 5.32 Å². The highest BCUT2D eigenvalue weighted by atomic mass is 19.1. The van der Waals surface area contributed by atoms with Gasteiger partial charge in [0.05, 0.1) is 0 Å². The summed E-state index contributed by atoms with van der Waals surface area (Å²) in [6.07, 6.45) is -0.589. The quantitative estimate of drug-likeness (QED) is 0.917. The number of para-hydroxylation sites is 1. The molecule has 0 aliphatic heterocycles. The van der Waals surface area contributed by atoms with Crippen molar-refractivity contribution in [3.63, 3.8) is 0 Å². The first-order valence-electron chi connectivity index (χ1n) is 6.80. The highest BCUT2D eigenvalue weighted by Crippen LogP contribution is 2.11. The first kappa shape index (κ1) is 15.0. The molecule has 1 unspecified atom stereocenters. The van der Waals surface area contributed by atoms with Crippen molar-refractivity contribution < 1.29 is 13.9 Å². The molecule has 1 atom stereocenters. The number of nitrogens with one attached hydrogen (secondary N) is 1. The van der Waals surface area contributed by atoms with E-state index in [0.29, 0.717) is 17.9 Å². The van der Waals surface area contributed by atoms with Crippen molar-refractivity contribution in [2.75, 3.05) is 0 Å². The molecule has 0 aliphatic carbocycles. The lowest BCUT2D eigenvalue weighted by Crippen LogP contribution is -2.35. The van der Waals surface area contributed by atoms with Crippen LogP contribution in [-0.4, -0.2) is 12.0 Å². The minimum absolute atomic E-state index is 0.208. The largest absolute Gasteiger partial charge is 0.481 e. The van der Waals surface area contributed by atoms with E-state index < -0.39 is 6.10 Å². The van der Waals surface area contributed by atoms with Crippen LogP contribution in [-0.2, 0) is 11.3 Å². The number of rotatable bonds is 5. The molecule has 0 radical (unpaired) electrons. The predicted octanol–water partition coefficient (Wildman–Crippen LogP) is 3.22. The van der Waals surface area contributed by atoms with Crippen molar-refractivity contribution >= 4 is 5.91 Å². The number of amides is 1. The second-order valence-corrected chi connectivity index (χ2v) is 4.87. The van der Waals surface area contributed by atoms with Crippen molar-refractivity contribution in [3.8, 4) is 5.75 Å². The van der Waals surface area contributed by atoms with Crippen LogP contribution in [0.1, 0.15) is 18.1 Å². The van der Waals surface area contributed by atoms with Gasteiger partial charge in [0.1, 0.15) is 11.6 Å². The maximum Gasteiger partial charge on any atom is 0.261 e. The van der Waals surface area contributed by atoms with E-state index in [0.717, 1.165) is 5.56 Å². The van der Waals surface area contributed by atoms with Gasteiger partial charge in [-0.1, -0.05) is 30.3 Å². The lowest BCUT2D eigenvalue weighted by atomic mass is 10.1. The van der Waals surface area contributed by atoms with Gasteiger partial charge in [0.15, 0.2) is 6.10 Å². The Morgan fingerprint density at radius 2 is 1.95 bits per heavy atom. The molecule has 3 nitrogen and oxygen atoms in total. The molecule has 110 valence electrons. The van der Waals surface area contributed by atoms with E-state index in [9.17, 15) is 9.18 Å². The summed E-state index contributed by atoms with van der Waals surface area (Å²) in [7, 11) is 0. The molecule has 0 fully saturated rings. The minimum Gasteiger partial charge on any atom is -0.481 e. The van der Waals surface area contributed by atoms with Crippen molar-refractivity contribution in [2.45, 2.75) is 26.5 Å². The third kappa shape index (κ3) is 4.31. The summed E-state index contributed by atoms with van der Waals surface area (Å²) >= 11 is 0.